The van der Waals surface area contributed by atoms with E-state index in [0.717, 1.165) is 25.9 Å². The molecular formula is C11H23NO2. The Morgan fingerprint density at radius 3 is 2.36 bits per heavy atom. The minimum absolute atomic E-state index is 0.251. The van der Waals surface area contributed by atoms with Gasteiger partial charge in [-0.3, -0.25) is 4.79 Å². The minimum atomic E-state index is -0.692. The molecule has 84 valence electrons. The van der Waals surface area contributed by atoms with Crippen molar-refractivity contribution in [2.45, 2.75) is 40.0 Å². The van der Waals surface area contributed by atoms with Crippen molar-refractivity contribution in [2.75, 3.05) is 19.6 Å². The summed E-state index contributed by atoms with van der Waals surface area (Å²) in [6.45, 7) is 8.79. The van der Waals surface area contributed by atoms with Crippen molar-refractivity contribution >= 4 is 5.97 Å². The van der Waals surface area contributed by atoms with E-state index >= 15 is 0 Å². The third kappa shape index (κ3) is 5.97. The number of nitrogens with zero attached hydrogens (tertiary/aromatic N) is 1. The van der Waals surface area contributed by atoms with Crippen LogP contribution in [0.3, 0.4) is 0 Å². The summed E-state index contributed by atoms with van der Waals surface area (Å²) < 4.78 is 0. The van der Waals surface area contributed by atoms with E-state index in [0.29, 0.717) is 6.54 Å². The highest BCUT2D eigenvalue weighted by Gasteiger charge is 2.14. The molecule has 0 rings (SSSR count). The molecule has 14 heavy (non-hydrogen) atoms. The molecule has 0 aromatic rings. The molecule has 0 radical (unpaired) electrons. The fourth-order valence-electron chi connectivity index (χ4n) is 1.46. The molecule has 0 aliphatic carbocycles. The predicted molar refractivity (Wildman–Crippen MR) is 58.4 cm³/mol. The maximum atomic E-state index is 10.7. The maximum absolute atomic E-state index is 10.7. The van der Waals surface area contributed by atoms with Gasteiger partial charge in [-0.2, -0.15) is 0 Å². The molecule has 0 aliphatic heterocycles. The first kappa shape index (κ1) is 13.4. The quantitative estimate of drug-likeness (QED) is 0.654. The molecule has 0 fully saturated rings. The Kier molecular flexibility index (Phi) is 7.48. The van der Waals surface area contributed by atoms with Crippen molar-refractivity contribution < 1.29 is 9.90 Å². The molecule has 3 nitrogen and oxygen atoms in total. The molecule has 1 atom stereocenters. The average molecular weight is 201 g/mol. The van der Waals surface area contributed by atoms with E-state index in [2.05, 4.69) is 18.7 Å². The summed E-state index contributed by atoms with van der Waals surface area (Å²) in [6.07, 6.45) is 3.42. The highest BCUT2D eigenvalue weighted by atomic mass is 16.4. The Hall–Kier alpha value is -0.570. The van der Waals surface area contributed by atoms with E-state index < -0.39 is 5.97 Å². The van der Waals surface area contributed by atoms with Crippen LogP contribution in [-0.4, -0.2) is 35.6 Å². The van der Waals surface area contributed by atoms with Crippen LogP contribution < -0.4 is 0 Å². The molecule has 0 bridgehead atoms. The Balaban J connectivity index is 3.87. The lowest BCUT2D eigenvalue weighted by Gasteiger charge is -2.23. The first-order chi connectivity index (χ1) is 6.61. The summed E-state index contributed by atoms with van der Waals surface area (Å²) in [4.78, 5) is 12.9. The van der Waals surface area contributed by atoms with E-state index in [1.54, 1.807) is 6.92 Å². The monoisotopic (exact) mass is 201 g/mol. The predicted octanol–water partition coefficient (Wildman–Crippen LogP) is 2.22. The summed E-state index contributed by atoms with van der Waals surface area (Å²) >= 11 is 0. The highest BCUT2D eigenvalue weighted by molar-refractivity contribution is 5.69. The van der Waals surface area contributed by atoms with Gasteiger partial charge in [-0.15, -0.1) is 0 Å². The van der Waals surface area contributed by atoms with Gasteiger partial charge in [0.25, 0.3) is 0 Å². The SMILES string of the molecule is CCCCN(CCC)CC(C)C(=O)O. The van der Waals surface area contributed by atoms with Crippen LogP contribution in [0.4, 0.5) is 0 Å². The van der Waals surface area contributed by atoms with Gasteiger partial charge < -0.3 is 10.0 Å². The summed E-state index contributed by atoms with van der Waals surface area (Å²) in [5.74, 6) is -0.944. The van der Waals surface area contributed by atoms with Crippen molar-refractivity contribution in [1.82, 2.24) is 4.90 Å². The minimum Gasteiger partial charge on any atom is -0.481 e. The lowest BCUT2D eigenvalue weighted by molar-refractivity contribution is -0.141. The van der Waals surface area contributed by atoms with Crippen LogP contribution in [0.1, 0.15) is 40.0 Å². The molecule has 0 aromatic heterocycles. The lowest BCUT2D eigenvalue weighted by atomic mass is 10.1. The number of hydrogen-bond acceptors (Lipinski definition) is 2. The summed E-state index contributed by atoms with van der Waals surface area (Å²) in [5.41, 5.74) is 0. The molecule has 0 spiro atoms. The molecule has 0 aromatic carbocycles. The van der Waals surface area contributed by atoms with Crippen molar-refractivity contribution in [3.05, 3.63) is 0 Å². The average Bonchev–Trinajstić information content (AvgIpc) is 2.14. The van der Waals surface area contributed by atoms with Crippen LogP contribution in [0.2, 0.25) is 0 Å². The zero-order chi connectivity index (χ0) is 11.0. The van der Waals surface area contributed by atoms with Gasteiger partial charge in [-0.25, -0.2) is 0 Å². The third-order valence-electron chi connectivity index (χ3n) is 2.32. The van der Waals surface area contributed by atoms with Gasteiger partial charge in [-0.1, -0.05) is 27.2 Å². The first-order valence-corrected chi connectivity index (χ1v) is 5.56. The zero-order valence-corrected chi connectivity index (χ0v) is 9.62. The van der Waals surface area contributed by atoms with Crippen LogP contribution in [0.15, 0.2) is 0 Å². The van der Waals surface area contributed by atoms with Crippen LogP contribution in [0.5, 0.6) is 0 Å². The second-order valence-electron chi connectivity index (χ2n) is 3.89. The molecule has 3 heteroatoms. The van der Waals surface area contributed by atoms with Crippen LogP contribution >= 0.6 is 0 Å². The molecule has 1 N–H and O–H groups in total. The van der Waals surface area contributed by atoms with E-state index in [-0.39, 0.29) is 5.92 Å². The van der Waals surface area contributed by atoms with Crippen molar-refractivity contribution in [2.24, 2.45) is 5.92 Å². The van der Waals surface area contributed by atoms with Crippen LogP contribution in [-0.2, 0) is 4.79 Å². The van der Waals surface area contributed by atoms with Gasteiger partial charge in [-0.05, 0) is 25.9 Å². The van der Waals surface area contributed by atoms with E-state index in [4.69, 9.17) is 5.11 Å². The number of unbranched alkanes of at least 4 members (excludes halogenated alkanes) is 1. The number of carbonyl (C=O) groups is 1. The lowest BCUT2D eigenvalue weighted by Crippen LogP contribution is -2.33. The Bertz CT molecular complexity index is 159. The molecule has 0 saturated heterocycles. The topological polar surface area (TPSA) is 40.5 Å². The molecular weight excluding hydrogens is 178 g/mol. The van der Waals surface area contributed by atoms with Gasteiger partial charge in [0, 0.05) is 6.54 Å². The van der Waals surface area contributed by atoms with Gasteiger partial charge in [0.2, 0.25) is 0 Å². The van der Waals surface area contributed by atoms with E-state index in [9.17, 15) is 4.79 Å². The third-order valence-corrected chi connectivity index (χ3v) is 2.32. The fourth-order valence-corrected chi connectivity index (χ4v) is 1.46. The second-order valence-corrected chi connectivity index (χ2v) is 3.89. The molecule has 0 saturated carbocycles. The van der Waals surface area contributed by atoms with Crippen LogP contribution in [0.25, 0.3) is 0 Å². The summed E-state index contributed by atoms with van der Waals surface area (Å²) in [6, 6.07) is 0. The Morgan fingerprint density at radius 1 is 1.29 bits per heavy atom. The van der Waals surface area contributed by atoms with E-state index in [1.807, 2.05) is 0 Å². The van der Waals surface area contributed by atoms with Gasteiger partial charge in [0.1, 0.15) is 0 Å². The number of carboxylic acids is 1. The highest BCUT2D eigenvalue weighted by Crippen LogP contribution is 2.03. The number of carboxylic acid groups (broad SMARTS) is 1. The molecule has 1 unspecified atom stereocenters. The summed E-state index contributed by atoms with van der Waals surface area (Å²) in [7, 11) is 0. The van der Waals surface area contributed by atoms with Crippen molar-refractivity contribution in [3.8, 4) is 0 Å². The molecule has 0 aliphatic rings. The van der Waals surface area contributed by atoms with Gasteiger partial charge in [0.05, 0.1) is 5.92 Å². The van der Waals surface area contributed by atoms with Crippen LogP contribution in [0, 0.1) is 5.92 Å². The number of rotatable bonds is 8. The second kappa shape index (κ2) is 7.80. The smallest absolute Gasteiger partial charge is 0.307 e. The zero-order valence-electron chi connectivity index (χ0n) is 9.62. The number of hydrogen-bond donors (Lipinski definition) is 1. The summed E-state index contributed by atoms with van der Waals surface area (Å²) in [5, 5.41) is 8.80. The normalized spacial score (nSPS) is 13.1. The van der Waals surface area contributed by atoms with Gasteiger partial charge >= 0.3 is 5.97 Å². The molecule has 0 heterocycles. The Morgan fingerprint density at radius 2 is 1.93 bits per heavy atom. The number of aliphatic carboxylic acids is 1. The molecule has 0 amide bonds. The largest absolute Gasteiger partial charge is 0.481 e. The standard InChI is InChI=1S/C11H23NO2/c1-4-6-8-12(7-5-2)9-10(3)11(13)14/h10H,4-9H2,1-3H3,(H,13,14). The Labute approximate surface area is 87.1 Å². The van der Waals surface area contributed by atoms with E-state index in [1.165, 1.54) is 6.42 Å². The van der Waals surface area contributed by atoms with Gasteiger partial charge in [0.15, 0.2) is 0 Å². The fraction of sp³-hybridized carbons (Fsp3) is 0.909. The maximum Gasteiger partial charge on any atom is 0.307 e. The van der Waals surface area contributed by atoms with Crippen molar-refractivity contribution in [1.29, 1.82) is 0 Å². The first-order valence-electron chi connectivity index (χ1n) is 5.56. The van der Waals surface area contributed by atoms with Crippen molar-refractivity contribution in [3.63, 3.8) is 0 Å².